The van der Waals surface area contributed by atoms with Crippen molar-refractivity contribution in [3.05, 3.63) is 0 Å². The van der Waals surface area contributed by atoms with Gasteiger partial charge in [-0.15, -0.1) is 0 Å². The fourth-order valence-electron chi connectivity index (χ4n) is 0. The SMILES string of the molecule is CCCC.[S]=[Ag]. The molecular formula is C4H10AgS. The van der Waals surface area contributed by atoms with Crippen LogP contribution in [0.4, 0.5) is 0 Å². The molecule has 0 aromatic heterocycles. The Balaban J connectivity index is 0. The first kappa shape index (κ1) is 10.0. The molecule has 0 aliphatic rings. The summed E-state index contributed by atoms with van der Waals surface area (Å²) >= 11 is 2.53. The van der Waals surface area contributed by atoms with Crippen LogP contribution in [0, 0.1) is 0 Å². The Bertz CT molecular complexity index is 15.0. The molecule has 0 nitrogen and oxygen atoms in total. The van der Waals surface area contributed by atoms with Gasteiger partial charge in [-0.05, 0) is 0 Å². The first-order valence-corrected chi connectivity index (χ1v) is 4.10. The van der Waals surface area contributed by atoms with Crippen LogP contribution in [0.15, 0.2) is 0 Å². The maximum absolute atomic E-state index is 3.89. The molecule has 0 saturated carbocycles. The topological polar surface area (TPSA) is 0 Å². The molecule has 0 N–H and O–H groups in total. The van der Waals surface area contributed by atoms with Gasteiger partial charge < -0.3 is 0 Å². The molecule has 0 atom stereocenters. The summed E-state index contributed by atoms with van der Waals surface area (Å²) in [6, 6.07) is 0. The molecule has 0 spiro atoms. The summed E-state index contributed by atoms with van der Waals surface area (Å²) in [6.07, 6.45) is 2.64. The molecule has 43 valence electrons. The van der Waals surface area contributed by atoms with E-state index in [-0.39, 0.29) is 0 Å². The zero-order valence-corrected chi connectivity index (χ0v) is 6.42. The van der Waals surface area contributed by atoms with Crippen molar-refractivity contribution in [3.8, 4) is 0 Å². The standard InChI is InChI=1S/C4H10.Ag.S/c1-3-4-2;;/h3-4H2,1-2H3;;. The molecule has 0 aliphatic heterocycles. The maximum atomic E-state index is 3.89. The van der Waals surface area contributed by atoms with Gasteiger partial charge in [0.2, 0.25) is 0 Å². The van der Waals surface area contributed by atoms with E-state index in [1.165, 1.54) is 12.8 Å². The monoisotopic (exact) mass is 197 g/mol. The van der Waals surface area contributed by atoms with Crippen molar-refractivity contribution in [2.24, 2.45) is 0 Å². The number of hydrogen-bond donors (Lipinski definition) is 0. The molecule has 0 aliphatic carbocycles. The average molecular weight is 198 g/mol. The predicted octanol–water partition coefficient (Wildman–Crippen LogP) is 2.45. The van der Waals surface area contributed by atoms with Gasteiger partial charge in [0, 0.05) is 0 Å². The van der Waals surface area contributed by atoms with Crippen molar-refractivity contribution in [1.82, 2.24) is 0 Å². The van der Waals surface area contributed by atoms with Gasteiger partial charge in [0.05, 0.1) is 0 Å². The predicted molar refractivity (Wildman–Crippen MR) is 28.2 cm³/mol. The van der Waals surface area contributed by atoms with E-state index < -0.39 is 0 Å². The van der Waals surface area contributed by atoms with E-state index in [0.717, 1.165) is 0 Å². The molecule has 0 saturated heterocycles. The number of unbranched alkanes of at least 4 members (excludes halogenated alkanes) is 1. The summed E-state index contributed by atoms with van der Waals surface area (Å²) in [7, 11) is 3.89. The molecule has 6 heavy (non-hydrogen) atoms. The Morgan fingerprint density at radius 3 is 1.33 bits per heavy atom. The Labute approximate surface area is 55.6 Å². The Hall–Kier alpha value is 0.960. The molecule has 0 unspecified atom stereocenters. The molecule has 0 aromatic carbocycles. The fourth-order valence-corrected chi connectivity index (χ4v) is 0. The van der Waals surface area contributed by atoms with Crippen molar-refractivity contribution in [3.63, 3.8) is 0 Å². The fraction of sp³-hybridized carbons (Fsp3) is 1.00. The van der Waals surface area contributed by atoms with Crippen molar-refractivity contribution >= 4 is 9.58 Å². The summed E-state index contributed by atoms with van der Waals surface area (Å²) in [5.74, 6) is 0. The average Bonchev–Trinajstić information content (AvgIpc) is 1.72. The summed E-state index contributed by atoms with van der Waals surface area (Å²) in [6.45, 7) is 4.36. The van der Waals surface area contributed by atoms with Crippen molar-refractivity contribution in [2.75, 3.05) is 0 Å². The summed E-state index contributed by atoms with van der Waals surface area (Å²) in [4.78, 5) is 0. The first-order valence-electron chi connectivity index (χ1n) is 2.04. The number of rotatable bonds is 1. The molecule has 0 heterocycles. The summed E-state index contributed by atoms with van der Waals surface area (Å²) in [5, 5.41) is 0. The quantitative estimate of drug-likeness (QED) is 0.583. The molecule has 2 heteroatoms. The van der Waals surface area contributed by atoms with E-state index in [9.17, 15) is 0 Å². The molecule has 0 amide bonds. The van der Waals surface area contributed by atoms with E-state index in [4.69, 9.17) is 0 Å². The van der Waals surface area contributed by atoms with Gasteiger partial charge in [-0.25, -0.2) is 0 Å². The van der Waals surface area contributed by atoms with Gasteiger partial charge in [0.1, 0.15) is 0 Å². The zero-order valence-electron chi connectivity index (χ0n) is 4.12. The van der Waals surface area contributed by atoms with Crippen molar-refractivity contribution in [2.45, 2.75) is 26.7 Å². The molecule has 0 rings (SSSR count). The van der Waals surface area contributed by atoms with E-state index in [2.05, 4.69) is 42.6 Å². The van der Waals surface area contributed by atoms with Crippen LogP contribution in [0.25, 0.3) is 0 Å². The second-order valence-electron chi connectivity index (χ2n) is 1.000. The normalized spacial score (nSPS) is 6.00. The van der Waals surface area contributed by atoms with E-state index >= 15 is 0 Å². The van der Waals surface area contributed by atoms with Crippen molar-refractivity contribution < 1.29 is 19.2 Å². The van der Waals surface area contributed by atoms with Crippen LogP contribution in [-0.2, 0) is 19.2 Å². The van der Waals surface area contributed by atoms with E-state index in [1.54, 1.807) is 0 Å². The van der Waals surface area contributed by atoms with Crippen LogP contribution in [0.1, 0.15) is 26.7 Å². The van der Waals surface area contributed by atoms with Crippen LogP contribution in [-0.4, -0.2) is 0 Å². The van der Waals surface area contributed by atoms with Crippen LogP contribution < -0.4 is 0 Å². The third-order valence-electron chi connectivity index (χ3n) is 0.500. The Morgan fingerprint density at radius 1 is 1.17 bits per heavy atom. The Morgan fingerprint density at radius 2 is 1.33 bits per heavy atom. The first-order chi connectivity index (χ1) is 2.91. The molecule has 0 bridgehead atoms. The summed E-state index contributed by atoms with van der Waals surface area (Å²) in [5.41, 5.74) is 0. The van der Waals surface area contributed by atoms with Crippen LogP contribution >= 0.6 is 9.58 Å². The van der Waals surface area contributed by atoms with E-state index in [0.29, 0.717) is 0 Å². The Kier molecular flexibility index (Phi) is 28.0. The van der Waals surface area contributed by atoms with Gasteiger partial charge in [0.25, 0.3) is 0 Å². The van der Waals surface area contributed by atoms with Crippen LogP contribution in [0.5, 0.6) is 0 Å². The number of hydrogen-bond acceptors (Lipinski definition) is 1. The second kappa shape index (κ2) is 16.7. The van der Waals surface area contributed by atoms with Crippen molar-refractivity contribution in [1.29, 1.82) is 0 Å². The van der Waals surface area contributed by atoms with Gasteiger partial charge in [-0.1, -0.05) is 26.7 Å². The summed E-state index contributed by atoms with van der Waals surface area (Å²) < 4.78 is 0. The third kappa shape index (κ3) is 20.2. The minimum absolute atomic E-state index is 1.32. The molecular weight excluding hydrogens is 188 g/mol. The molecule has 0 aromatic rings. The minimum atomic E-state index is 1.32. The van der Waals surface area contributed by atoms with Crippen LogP contribution in [0.2, 0.25) is 0 Å². The molecule has 0 fully saturated rings. The third-order valence-corrected chi connectivity index (χ3v) is 0.500. The van der Waals surface area contributed by atoms with Gasteiger partial charge in [-0.2, -0.15) is 0 Å². The van der Waals surface area contributed by atoms with Crippen LogP contribution in [0.3, 0.4) is 0 Å². The second-order valence-corrected chi connectivity index (χ2v) is 1.000. The molecule has 0 radical (unpaired) electrons. The van der Waals surface area contributed by atoms with Gasteiger partial charge in [-0.3, -0.25) is 0 Å². The van der Waals surface area contributed by atoms with E-state index in [1.807, 2.05) is 0 Å². The zero-order chi connectivity index (χ0) is 5.41. The van der Waals surface area contributed by atoms with Gasteiger partial charge >= 0.3 is 28.8 Å². The van der Waals surface area contributed by atoms with Gasteiger partial charge in [0.15, 0.2) is 0 Å².